The van der Waals surface area contributed by atoms with E-state index in [-0.39, 0.29) is 18.5 Å². The van der Waals surface area contributed by atoms with Crippen molar-refractivity contribution < 1.29 is 13.9 Å². The van der Waals surface area contributed by atoms with Crippen molar-refractivity contribution in [3.05, 3.63) is 99.0 Å². The summed E-state index contributed by atoms with van der Waals surface area (Å²) in [6.45, 7) is 2.34. The molecular weight excluding hydrogens is 484 g/mol. The molecule has 0 saturated carbocycles. The van der Waals surface area contributed by atoms with Crippen LogP contribution in [0.4, 0.5) is 4.39 Å². The number of thiocarbonyl (C=S) groups is 1. The summed E-state index contributed by atoms with van der Waals surface area (Å²) in [6, 6.07) is 12.8. The van der Waals surface area contributed by atoms with Gasteiger partial charge < -0.3 is 15.4 Å². The highest BCUT2D eigenvalue weighted by atomic mass is 35.5. The van der Waals surface area contributed by atoms with Crippen LogP contribution in [0.2, 0.25) is 10.0 Å². The molecule has 3 aromatic rings. The average Bonchev–Trinajstić information content (AvgIpc) is 2.81. The van der Waals surface area contributed by atoms with Crippen molar-refractivity contribution >= 4 is 46.5 Å². The van der Waals surface area contributed by atoms with Gasteiger partial charge in [0.1, 0.15) is 12.4 Å². The molecule has 1 aromatic heterocycles. The molecule has 5 nitrogen and oxygen atoms in total. The van der Waals surface area contributed by atoms with Crippen LogP contribution in [-0.4, -0.2) is 29.2 Å². The Morgan fingerprint density at radius 2 is 1.94 bits per heavy atom. The SMILES string of the molecule is Cc1ccc(F)cc1CC(NC(=S)NCCOC(=O)c1ccncc1)c1cccc(Cl)c1Cl. The molecule has 0 radical (unpaired) electrons. The smallest absolute Gasteiger partial charge is 0.338 e. The summed E-state index contributed by atoms with van der Waals surface area (Å²) in [7, 11) is 0. The lowest BCUT2D eigenvalue weighted by atomic mass is 9.96. The Morgan fingerprint density at radius 1 is 1.18 bits per heavy atom. The van der Waals surface area contributed by atoms with Crippen molar-refractivity contribution in [3.8, 4) is 0 Å². The molecule has 0 fully saturated rings. The van der Waals surface area contributed by atoms with E-state index < -0.39 is 5.97 Å². The second-order valence-electron chi connectivity index (χ2n) is 7.24. The number of benzene rings is 2. The second kappa shape index (κ2) is 11.9. The van der Waals surface area contributed by atoms with E-state index in [1.807, 2.05) is 13.0 Å². The number of hydrogen-bond donors (Lipinski definition) is 2. The Morgan fingerprint density at radius 3 is 2.70 bits per heavy atom. The fraction of sp³-hybridized carbons (Fsp3) is 0.208. The highest BCUT2D eigenvalue weighted by Crippen LogP contribution is 2.32. The first-order valence-electron chi connectivity index (χ1n) is 10.2. The minimum Gasteiger partial charge on any atom is -0.460 e. The number of ether oxygens (including phenoxy) is 1. The van der Waals surface area contributed by atoms with Gasteiger partial charge in [0.15, 0.2) is 5.11 Å². The van der Waals surface area contributed by atoms with Crippen molar-refractivity contribution in [2.45, 2.75) is 19.4 Å². The van der Waals surface area contributed by atoms with E-state index in [0.717, 1.165) is 16.7 Å². The topological polar surface area (TPSA) is 63.2 Å². The predicted octanol–water partition coefficient (Wildman–Crippen LogP) is 5.44. The summed E-state index contributed by atoms with van der Waals surface area (Å²) < 4.78 is 19.1. The largest absolute Gasteiger partial charge is 0.460 e. The molecule has 0 bridgehead atoms. The summed E-state index contributed by atoms with van der Waals surface area (Å²) >= 11 is 18.1. The molecule has 33 heavy (non-hydrogen) atoms. The van der Waals surface area contributed by atoms with Crippen LogP contribution >= 0.6 is 35.4 Å². The highest BCUT2D eigenvalue weighted by molar-refractivity contribution is 7.80. The Kier molecular flexibility index (Phi) is 9.00. The monoisotopic (exact) mass is 505 g/mol. The Labute approximate surface area is 207 Å². The first kappa shape index (κ1) is 24.9. The number of nitrogens with zero attached hydrogens (tertiary/aromatic N) is 1. The van der Waals surface area contributed by atoms with Crippen LogP contribution in [0.15, 0.2) is 60.9 Å². The standard InChI is InChI=1S/C24H22Cl2FN3O2S/c1-15-5-6-18(27)13-17(15)14-21(19-3-2-4-20(25)22(19)26)30-24(33)29-11-12-32-23(31)16-7-9-28-10-8-16/h2-10,13,21H,11-12,14H2,1H3,(H2,29,30,33). The van der Waals surface area contributed by atoms with Gasteiger partial charge in [0, 0.05) is 12.4 Å². The molecule has 9 heteroatoms. The Balaban J connectivity index is 1.64. The molecule has 0 aliphatic rings. The number of esters is 1. The molecule has 0 saturated heterocycles. The maximum atomic E-state index is 13.8. The average molecular weight is 506 g/mol. The van der Waals surface area contributed by atoms with Gasteiger partial charge >= 0.3 is 5.97 Å². The molecule has 1 heterocycles. The van der Waals surface area contributed by atoms with Gasteiger partial charge in [0.05, 0.1) is 28.2 Å². The van der Waals surface area contributed by atoms with E-state index in [0.29, 0.717) is 33.7 Å². The van der Waals surface area contributed by atoms with E-state index in [2.05, 4.69) is 15.6 Å². The van der Waals surface area contributed by atoms with Gasteiger partial charge in [0.2, 0.25) is 0 Å². The first-order chi connectivity index (χ1) is 15.8. The minimum atomic E-state index is -0.441. The van der Waals surface area contributed by atoms with E-state index in [1.54, 1.807) is 30.3 Å². The minimum absolute atomic E-state index is 0.120. The van der Waals surface area contributed by atoms with Crippen molar-refractivity contribution in [2.75, 3.05) is 13.2 Å². The number of carbonyl (C=O) groups is 1. The first-order valence-corrected chi connectivity index (χ1v) is 11.3. The van der Waals surface area contributed by atoms with Gasteiger partial charge in [-0.3, -0.25) is 4.98 Å². The summed E-state index contributed by atoms with van der Waals surface area (Å²) in [5.41, 5.74) is 2.92. The second-order valence-corrected chi connectivity index (χ2v) is 8.44. The van der Waals surface area contributed by atoms with Crippen LogP contribution in [0, 0.1) is 12.7 Å². The molecule has 1 unspecified atom stereocenters. The number of carbonyl (C=O) groups excluding carboxylic acids is 1. The Hall–Kier alpha value is -2.74. The molecule has 1 atom stereocenters. The fourth-order valence-electron chi connectivity index (χ4n) is 3.20. The molecule has 2 aromatic carbocycles. The summed E-state index contributed by atoms with van der Waals surface area (Å²) in [6.07, 6.45) is 3.48. The van der Waals surface area contributed by atoms with Crippen LogP contribution in [0.1, 0.15) is 33.1 Å². The van der Waals surface area contributed by atoms with Crippen LogP contribution in [0.5, 0.6) is 0 Å². The number of rotatable bonds is 8. The van der Waals surface area contributed by atoms with E-state index in [1.165, 1.54) is 24.5 Å². The highest BCUT2D eigenvalue weighted by Gasteiger charge is 2.19. The molecule has 2 N–H and O–H groups in total. The third-order valence-electron chi connectivity index (χ3n) is 4.93. The maximum absolute atomic E-state index is 13.8. The van der Waals surface area contributed by atoms with Crippen LogP contribution in [0.3, 0.4) is 0 Å². The zero-order valence-corrected chi connectivity index (χ0v) is 20.1. The molecule has 0 amide bonds. The van der Waals surface area contributed by atoms with Gasteiger partial charge in [-0.2, -0.15) is 0 Å². The number of nitrogens with one attached hydrogen (secondary N) is 2. The molecule has 3 rings (SSSR count). The molecular formula is C24H22Cl2FN3O2S. The van der Waals surface area contributed by atoms with Crippen molar-refractivity contribution in [1.29, 1.82) is 0 Å². The van der Waals surface area contributed by atoms with Crippen molar-refractivity contribution in [2.24, 2.45) is 0 Å². The Bertz CT molecular complexity index is 1130. The lowest BCUT2D eigenvalue weighted by Crippen LogP contribution is -2.40. The van der Waals surface area contributed by atoms with E-state index in [9.17, 15) is 9.18 Å². The number of halogens is 3. The van der Waals surface area contributed by atoms with E-state index in [4.69, 9.17) is 40.2 Å². The zero-order valence-electron chi connectivity index (χ0n) is 17.8. The third-order valence-corrected chi connectivity index (χ3v) is 6.03. The quantitative estimate of drug-likeness (QED) is 0.241. The summed E-state index contributed by atoms with van der Waals surface area (Å²) in [5.74, 6) is -0.758. The zero-order chi connectivity index (χ0) is 23.8. The normalized spacial score (nSPS) is 11.5. The molecule has 0 aliphatic carbocycles. The maximum Gasteiger partial charge on any atom is 0.338 e. The van der Waals surface area contributed by atoms with Crippen LogP contribution in [-0.2, 0) is 11.2 Å². The lowest BCUT2D eigenvalue weighted by Gasteiger charge is -2.23. The predicted molar refractivity (Wildman–Crippen MR) is 132 cm³/mol. The molecule has 0 aliphatic heterocycles. The van der Waals surface area contributed by atoms with Gasteiger partial charge in [-0.25, -0.2) is 9.18 Å². The van der Waals surface area contributed by atoms with Crippen LogP contribution < -0.4 is 10.6 Å². The van der Waals surface area contributed by atoms with Crippen molar-refractivity contribution in [1.82, 2.24) is 15.6 Å². The van der Waals surface area contributed by atoms with Crippen LogP contribution in [0.25, 0.3) is 0 Å². The summed E-state index contributed by atoms with van der Waals surface area (Å²) in [5, 5.41) is 7.39. The number of aromatic nitrogens is 1. The van der Waals surface area contributed by atoms with Gasteiger partial charge in [-0.1, -0.05) is 41.4 Å². The number of aryl methyl sites for hydroxylation is 1. The summed E-state index contributed by atoms with van der Waals surface area (Å²) in [4.78, 5) is 15.9. The van der Waals surface area contributed by atoms with Crippen molar-refractivity contribution in [3.63, 3.8) is 0 Å². The number of hydrogen-bond acceptors (Lipinski definition) is 4. The fourth-order valence-corrected chi connectivity index (χ4v) is 3.88. The molecule has 0 spiro atoms. The number of pyridine rings is 1. The lowest BCUT2D eigenvalue weighted by molar-refractivity contribution is 0.0512. The molecule has 172 valence electrons. The van der Waals surface area contributed by atoms with E-state index >= 15 is 0 Å². The van der Waals surface area contributed by atoms with Gasteiger partial charge in [-0.15, -0.1) is 0 Å². The van der Waals surface area contributed by atoms with Gasteiger partial charge in [0.25, 0.3) is 0 Å². The van der Waals surface area contributed by atoms with Gasteiger partial charge in [-0.05, 0) is 72.6 Å². The third kappa shape index (κ3) is 7.12.